The van der Waals surface area contributed by atoms with Crippen molar-refractivity contribution in [2.45, 2.75) is 30.5 Å². The molecule has 0 amide bonds. The Morgan fingerprint density at radius 3 is 2.26 bits per heavy atom. The van der Waals surface area contributed by atoms with Gasteiger partial charge in [0.25, 0.3) is 10.0 Å². The zero-order valence-corrected chi connectivity index (χ0v) is 15.3. The minimum Gasteiger partial charge on any atom is -0.292 e. The molecule has 0 saturated carbocycles. The largest absolute Gasteiger partial charge is 0.292 e. The number of benzene rings is 1. The van der Waals surface area contributed by atoms with Crippen molar-refractivity contribution in [3.8, 4) is 0 Å². The number of alkyl halides is 1. The third-order valence-corrected chi connectivity index (χ3v) is 6.49. The van der Waals surface area contributed by atoms with Crippen molar-refractivity contribution in [2.75, 3.05) is 0 Å². The van der Waals surface area contributed by atoms with E-state index in [-0.39, 0.29) is 27.3 Å². The third kappa shape index (κ3) is 3.18. The Hall–Kier alpha value is -1.30. The predicted molar refractivity (Wildman–Crippen MR) is 91.8 cm³/mol. The molecule has 124 valence electrons. The van der Waals surface area contributed by atoms with Gasteiger partial charge < -0.3 is 0 Å². The molecule has 0 bridgehead atoms. The van der Waals surface area contributed by atoms with E-state index in [1.54, 1.807) is 39.0 Å². The van der Waals surface area contributed by atoms with Crippen LogP contribution in [-0.2, 0) is 14.8 Å². The molecule has 7 heteroatoms. The molecule has 23 heavy (non-hydrogen) atoms. The van der Waals surface area contributed by atoms with Gasteiger partial charge in [0.05, 0.1) is 15.6 Å². The Morgan fingerprint density at radius 1 is 1.17 bits per heavy atom. The molecule has 1 N–H and O–H groups in total. The zero-order valence-electron chi connectivity index (χ0n) is 12.9. The van der Waals surface area contributed by atoms with Crippen molar-refractivity contribution < 1.29 is 13.2 Å². The maximum absolute atomic E-state index is 12.5. The first-order valence-electron chi connectivity index (χ1n) is 7.01. The van der Waals surface area contributed by atoms with Crippen LogP contribution in [0.15, 0.2) is 57.6 Å². The van der Waals surface area contributed by atoms with Crippen molar-refractivity contribution >= 4 is 39.0 Å². The number of allylic oxidation sites excluding steroid dienone is 3. The molecule has 0 radical (unpaired) electrons. The number of hydrogen-bond donors (Lipinski definition) is 1. The number of carbonyl (C=O) groups excluding carboxylic acids is 1. The quantitative estimate of drug-likeness (QED) is 0.820. The van der Waals surface area contributed by atoms with Gasteiger partial charge in [0.2, 0.25) is 0 Å². The first-order chi connectivity index (χ1) is 10.6. The van der Waals surface area contributed by atoms with Gasteiger partial charge in [-0.25, -0.2) is 8.42 Å². The molecule has 0 unspecified atom stereocenters. The van der Waals surface area contributed by atoms with Gasteiger partial charge in [-0.2, -0.15) is 0 Å². The lowest BCUT2D eigenvalue weighted by Gasteiger charge is -2.33. The molecular formula is C16H17Cl2NO3S. The Morgan fingerprint density at radius 2 is 1.74 bits per heavy atom. The summed E-state index contributed by atoms with van der Waals surface area (Å²) in [7, 11) is -3.82. The minimum absolute atomic E-state index is 0.00123. The monoisotopic (exact) mass is 373 g/mol. The molecule has 1 aromatic rings. The standard InChI is InChI=1S/C16H17Cl2NO3S/c1-10(2)16(18)13(20)9-11(3)14(15(16)17)19-23(21,22)12-7-5-4-6-8-12/h4-10,19H,1-3H3/t16-/m0/s1. The number of carbonyl (C=O) groups is 1. The number of ketones is 1. The lowest BCUT2D eigenvalue weighted by atomic mass is 9.84. The topological polar surface area (TPSA) is 63.2 Å². The molecule has 0 saturated heterocycles. The van der Waals surface area contributed by atoms with Gasteiger partial charge in [0.1, 0.15) is 4.87 Å². The highest BCUT2D eigenvalue weighted by Gasteiger charge is 2.46. The third-order valence-electron chi connectivity index (χ3n) is 3.72. The predicted octanol–water partition coefficient (Wildman–Crippen LogP) is 3.58. The fraction of sp³-hybridized carbons (Fsp3) is 0.312. The molecule has 0 aromatic heterocycles. The molecular weight excluding hydrogens is 357 g/mol. The number of nitrogens with one attached hydrogen (secondary N) is 1. The van der Waals surface area contributed by atoms with Crippen molar-refractivity contribution in [3.05, 3.63) is 52.7 Å². The first kappa shape index (κ1) is 18.0. The fourth-order valence-corrected chi connectivity index (χ4v) is 4.17. The number of hydrogen-bond acceptors (Lipinski definition) is 3. The molecule has 1 aromatic carbocycles. The molecule has 4 nitrogen and oxygen atoms in total. The highest BCUT2D eigenvalue weighted by molar-refractivity contribution is 7.89. The van der Waals surface area contributed by atoms with Gasteiger partial charge in [-0.15, -0.1) is 11.6 Å². The SMILES string of the molecule is CC1=CC(=O)[C@@](Cl)(C(C)C)C(Cl)=C1NS(=O)(=O)c1ccccc1. The Kier molecular flexibility index (Phi) is 4.95. The Labute approximate surface area is 146 Å². The van der Waals surface area contributed by atoms with Crippen LogP contribution in [0.25, 0.3) is 0 Å². The Bertz CT molecular complexity index is 798. The lowest BCUT2D eigenvalue weighted by molar-refractivity contribution is -0.117. The van der Waals surface area contributed by atoms with Gasteiger partial charge in [-0.05, 0) is 36.6 Å². The number of sulfonamides is 1. The lowest BCUT2D eigenvalue weighted by Crippen LogP contribution is -2.43. The average Bonchev–Trinajstić information content (AvgIpc) is 2.50. The summed E-state index contributed by atoms with van der Waals surface area (Å²) in [6.07, 6.45) is 1.32. The van der Waals surface area contributed by atoms with Crippen LogP contribution < -0.4 is 4.72 Å². The summed E-state index contributed by atoms with van der Waals surface area (Å²) in [5.74, 6) is -0.649. The van der Waals surface area contributed by atoms with Crippen LogP contribution in [0.4, 0.5) is 0 Å². The second-order valence-electron chi connectivity index (χ2n) is 5.67. The molecule has 0 aliphatic heterocycles. The van der Waals surface area contributed by atoms with Gasteiger partial charge >= 0.3 is 0 Å². The van der Waals surface area contributed by atoms with Crippen molar-refractivity contribution in [1.29, 1.82) is 0 Å². The summed E-state index contributed by atoms with van der Waals surface area (Å²) in [4.78, 5) is 10.9. The summed E-state index contributed by atoms with van der Waals surface area (Å²) in [5.41, 5.74) is 0.579. The van der Waals surface area contributed by atoms with Crippen molar-refractivity contribution in [1.82, 2.24) is 4.72 Å². The van der Waals surface area contributed by atoms with E-state index in [0.29, 0.717) is 5.57 Å². The molecule has 1 atom stereocenters. The summed E-state index contributed by atoms with van der Waals surface area (Å²) in [6.45, 7) is 5.12. The van der Waals surface area contributed by atoms with Crippen LogP contribution in [0.1, 0.15) is 20.8 Å². The molecule has 0 heterocycles. The number of rotatable bonds is 4. The molecule has 1 aliphatic rings. The van der Waals surface area contributed by atoms with E-state index in [0.717, 1.165) is 0 Å². The maximum Gasteiger partial charge on any atom is 0.261 e. The van der Waals surface area contributed by atoms with Crippen LogP contribution >= 0.6 is 23.2 Å². The summed E-state index contributed by atoms with van der Waals surface area (Å²) < 4.78 is 27.4. The highest BCUT2D eigenvalue weighted by atomic mass is 35.5. The highest BCUT2D eigenvalue weighted by Crippen LogP contribution is 2.43. The number of halogens is 2. The van der Waals surface area contributed by atoms with Crippen LogP contribution in [-0.4, -0.2) is 19.1 Å². The smallest absolute Gasteiger partial charge is 0.261 e. The van der Waals surface area contributed by atoms with Crippen molar-refractivity contribution in [2.24, 2.45) is 5.92 Å². The molecule has 0 spiro atoms. The van der Waals surface area contributed by atoms with E-state index in [4.69, 9.17) is 23.2 Å². The summed E-state index contributed by atoms with van der Waals surface area (Å²) in [6, 6.07) is 7.91. The molecule has 1 aliphatic carbocycles. The summed E-state index contributed by atoms with van der Waals surface area (Å²) in [5, 5.41) is -0.00123. The van der Waals surface area contributed by atoms with Crippen LogP contribution in [0, 0.1) is 5.92 Å². The Balaban J connectivity index is 2.51. The van der Waals surface area contributed by atoms with E-state index < -0.39 is 14.9 Å². The molecule has 2 rings (SSSR count). The van der Waals surface area contributed by atoms with Crippen LogP contribution in [0.5, 0.6) is 0 Å². The fourth-order valence-electron chi connectivity index (χ4n) is 2.29. The second-order valence-corrected chi connectivity index (χ2v) is 8.32. The van der Waals surface area contributed by atoms with Crippen LogP contribution in [0.3, 0.4) is 0 Å². The first-order valence-corrected chi connectivity index (χ1v) is 9.24. The summed E-state index contributed by atoms with van der Waals surface area (Å²) >= 11 is 12.8. The van der Waals surface area contributed by atoms with Crippen LogP contribution in [0.2, 0.25) is 0 Å². The van der Waals surface area contributed by atoms with Gasteiger partial charge in [-0.3, -0.25) is 9.52 Å². The maximum atomic E-state index is 12.5. The van der Waals surface area contributed by atoms with E-state index in [1.807, 2.05) is 0 Å². The van der Waals surface area contributed by atoms with Gasteiger partial charge in [-0.1, -0.05) is 43.6 Å². The second kappa shape index (κ2) is 6.30. The van der Waals surface area contributed by atoms with E-state index in [2.05, 4.69) is 4.72 Å². The van der Waals surface area contributed by atoms with E-state index in [1.165, 1.54) is 18.2 Å². The van der Waals surface area contributed by atoms with Crippen molar-refractivity contribution in [3.63, 3.8) is 0 Å². The normalized spacial score (nSPS) is 22.3. The average molecular weight is 374 g/mol. The minimum atomic E-state index is -3.82. The van der Waals surface area contributed by atoms with Gasteiger partial charge in [0.15, 0.2) is 5.78 Å². The van der Waals surface area contributed by atoms with E-state index in [9.17, 15) is 13.2 Å². The molecule has 0 fully saturated rings. The zero-order chi connectivity index (χ0) is 17.4. The van der Waals surface area contributed by atoms with E-state index >= 15 is 0 Å². The van der Waals surface area contributed by atoms with Gasteiger partial charge in [0, 0.05) is 0 Å².